The topological polar surface area (TPSA) is 64.6 Å². The Morgan fingerprint density at radius 3 is 2.30 bits per heavy atom. The fraction of sp³-hybridized carbons (Fsp3) is 0.0435. The molecule has 30 heavy (non-hydrogen) atoms. The van der Waals surface area contributed by atoms with E-state index in [2.05, 4.69) is 5.32 Å². The first-order valence-electron chi connectivity index (χ1n) is 8.92. The highest BCUT2D eigenvalue weighted by atomic mass is 35.5. The van der Waals surface area contributed by atoms with Gasteiger partial charge in [-0.2, -0.15) is 0 Å². The van der Waals surface area contributed by atoms with Crippen molar-refractivity contribution in [2.24, 2.45) is 0 Å². The zero-order chi connectivity index (χ0) is 21.3. The monoisotopic (exact) mass is 441 g/mol. The molecule has 0 bridgehead atoms. The van der Waals surface area contributed by atoms with Gasteiger partial charge in [0.05, 0.1) is 0 Å². The molecule has 0 saturated heterocycles. The molecule has 3 rings (SSSR count). The highest BCUT2D eigenvalue weighted by Crippen LogP contribution is 2.23. The summed E-state index contributed by atoms with van der Waals surface area (Å²) in [5.41, 5.74) is 1.17. The van der Waals surface area contributed by atoms with Crippen LogP contribution in [-0.4, -0.2) is 18.5 Å². The summed E-state index contributed by atoms with van der Waals surface area (Å²) >= 11 is 11.9. The van der Waals surface area contributed by atoms with Crippen molar-refractivity contribution in [2.45, 2.75) is 0 Å². The van der Waals surface area contributed by atoms with Gasteiger partial charge in [0.1, 0.15) is 11.5 Å². The van der Waals surface area contributed by atoms with Gasteiger partial charge in [-0.15, -0.1) is 0 Å². The van der Waals surface area contributed by atoms with E-state index in [9.17, 15) is 9.59 Å². The number of anilines is 1. The van der Waals surface area contributed by atoms with Crippen LogP contribution in [0, 0.1) is 0 Å². The third kappa shape index (κ3) is 6.65. The van der Waals surface area contributed by atoms with Crippen LogP contribution in [0.3, 0.4) is 0 Å². The summed E-state index contributed by atoms with van der Waals surface area (Å²) in [5.74, 6) is 0.228. The van der Waals surface area contributed by atoms with E-state index in [0.717, 1.165) is 0 Å². The van der Waals surface area contributed by atoms with Gasteiger partial charge in [0.15, 0.2) is 6.61 Å². The number of ether oxygens (including phenoxy) is 2. The molecule has 0 fully saturated rings. The molecule has 7 heteroatoms. The second-order valence-corrected chi connectivity index (χ2v) is 6.94. The summed E-state index contributed by atoms with van der Waals surface area (Å²) in [6.45, 7) is -0.417. The predicted molar refractivity (Wildman–Crippen MR) is 118 cm³/mol. The third-order valence-electron chi connectivity index (χ3n) is 3.82. The van der Waals surface area contributed by atoms with E-state index in [1.54, 1.807) is 42.5 Å². The molecule has 0 atom stereocenters. The van der Waals surface area contributed by atoms with Gasteiger partial charge in [0.2, 0.25) is 0 Å². The van der Waals surface area contributed by atoms with Crippen LogP contribution < -0.4 is 10.1 Å². The van der Waals surface area contributed by atoms with E-state index >= 15 is 0 Å². The Hall–Kier alpha value is -3.28. The van der Waals surface area contributed by atoms with E-state index in [0.29, 0.717) is 32.8 Å². The van der Waals surface area contributed by atoms with Gasteiger partial charge < -0.3 is 14.8 Å². The predicted octanol–water partition coefficient (Wildman–Crippen LogP) is 5.98. The molecule has 0 heterocycles. The van der Waals surface area contributed by atoms with E-state index < -0.39 is 18.5 Å². The molecule has 0 aromatic heterocycles. The fourth-order valence-electron chi connectivity index (χ4n) is 2.41. The minimum atomic E-state index is -0.664. The average Bonchev–Trinajstić information content (AvgIpc) is 2.74. The third-order valence-corrected chi connectivity index (χ3v) is 4.39. The lowest BCUT2D eigenvalue weighted by Crippen LogP contribution is -2.20. The molecule has 5 nitrogen and oxygen atoms in total. The first-order valence-corrected chi connectivity index (χ1v) is 9.68. The van der Waals surface area contributed by atoms with Gasteiger partial charge in [-0.3, -0.25) is 4.79 Å². The van der Waals surface area contributed by atoms with Gasteiger partial charge in [0.25, 0.3) is 5.91 Å². The van der Waals surface area contributed by atoms with Crippen molar-refractivity contribution in [3.05, 3.63) is 94.5 Å². The maximum Gasteiger partial charge on any atom is 0.331 e. The van der Waals surface area contributed by atoms with Crippen molar-refractivity contribution in [2.75, 3.05) is 11.9 Å². The lowest BCUT2D eigenvalue weighted by atomic mass is 10.2. The number of amides is 1. The van der Waals surface area contributed by atoms with Crippen molar-refractivity contribution in [3.63, 3.8) is 0 Å². The van der Waals surface area contributed by atoms with Crippen LogP contribution in [0.5, 0.6) is 11.5 Å². The minimum absolute atomic E-state index is 0.406. The number of hydrogen-bond donors (Lipinski definition) is 1. The highest BCUT2D eigenvalue weighted by molar-refractivity contribution is 6.35. The quantitative estimate of drug-likeness (QED) is 0.361. The van der Waals surface area contributed by atoms with Gasteiger partial charge in [-0.25, -0.2) is 4.79 Å². The molecular formula is C23H17Cl2NO4. The molecule has 0 aliphatic rings. The Kier molecular flexibility index (Phi) is 7.49. The second kappa shape index (κ2) is 10.5. The van der Waals surface area contributed by atoms with Crippen molar-refractivity contribution in [3.8, 4) is 11.5 Å². The van der Waals surface area contributed by atoms with Gasteiger partial charge >= 0.3 is 5.97 Å². The largest absolute Gasteiger partial charge is 0.457 e. The van der Waals surface area contributed by atoms with Crippen LogP contribution in [0.2, 0.25) is 10.0 Å². The lowest BCUT2D eigenvalue weighted by Gasteiger charge is -2.08. The Balaban J connectivity index is 1.46. The van der Waals surface area contributed by atoms with Crippen molar-refractivity contribution >= 4 is 46.8 Å². The summed E-state index contributed by atoms with van der Waals surface area (Å²) in [6.07, 6.45) is 2.68. The van der Waals surface area contributed by atoms with Crippen LogP contribution in [0.15, 0.2) is 78.9 Å². The molecule has 0 unspecified atom stereocenters. The maximum atomic E-state index is 12.0. The highest BCUT2D eigenvalue weighted by Gasteiger charge is 2.07. The second-order valence-electron chi connectivity index (χ2n) is 6.09. The van der Waals surface area contributed by atoms with Gasteiger partial charge in [-0.05, 0) is 60.2 Å². The van der Waals surface area contributed by atoms with Crippen LogP contribution in [0.1, 0.15) is 5.56 Å². The zero-order valence-corrected chi connectivity index (χ0v) is 17.2. The number of nitrogens with one attached hydrogen (secondary N) is 1. The summed E-state index contributed by atoms with van der Waals surface area (Å²) in [7, 11) is 0. The molecule has 0 saturated carbocycles. The van der Waals surface area contributed by atoms with Gasteiger partial charge in [-0.1, -0.05) is 47.5 Å². The summed E-state index contributed by atoms with van der Waals surface area (Å²) in [6, 6.07) is 21.1. The fourth-order valence-corrected chi connectivity index (χ4v) is 2.88. The smallest absolute Gasteiger partial charge is 0.331 e. The van der Waals surface area contributed by atoms with E-state index in [1.807, 2.05) is 30.3 Å². The number of halogens is 2. The molecular weight excluding hydrogens is 425 g/mol. The van der Waals surface area contributed by atoms with Crippen molar-refractivity contribution in [1.29, 1.82) is 0 Å². The number of benzene rings is 3. The number of carbonyl (C=O) groups is 2. The summed E-state index contributed by atoms with van der Waals surface area (Å²) in [4.78, 5) is 23.8. The Morgan fingerprint density at radius 1 is 0.900 bits per heavy atom. The number of esters is 1. The first-order chi connectivity index (χ1) is 14.5. The summed E-state index contributed by atoms with van der Waals surface area (Å²) < 4.78 is 10.6. The van der Waals surface area contributed by atoms with Crippen LogP contribution >= 0.6 is 23.2 Å². The summed E-state index contributed by atoms with van der Waals surface area (Å²) in [5, 5.41) is 3.55. The lowest BCUT2D eigenvalue weighted by molar-refractivity contribution is -0.142. The van der Waals surface area contributed by atoms with Gasteiger partial charge in [0, 0.05) is 21.8 Å². The molecule has 0 aliphatic carbocycles. The van der Waals surface area contributed by atoms with Crippen LogP contribution in [0.4, 0.5) is 5.69 Å². The number of para-hydroxylation sites is 1. The van der Waals surface area contributed by atoms with E-state index in [4.69, 9.17) is 32.7 Å². The molecule has 152 valence electrons. The molecule has 1 N–H and O–H groups in total. The van der Waals surface area contributed by atoms with Crippen LogP contribution in [0.25, 0.3) is 6.08 Å². The minimum Gasteiger partial charge on any atom is -0.457 e. The normalized spacial score (nSPS) is 10.6. The zero-order valence-electron chi connectivity index (χ0n) is 15.7. The van der Waals surface area contributed by atoms with Crippen LogP contribution in [-0.2, 0) is 14.3 Å². The molecule has 3 aromatic carbocycles. The molecule has 1 amide bonds. The number of hydrogen-bond acceptors (Lipinski definition) is 4. The number of rotatable bonds is 7. The molecule has 0 aliphatic heterocycles. The maximum absolute atomic E-state index is 12.0. The van der Waals surface area contributed by atoms with Crippen molar-refractivity contribution in [1.82, 2.24) is 0 Å². The molecule has 0 radical (unpaired) electrons. The Labute approximate surface area is 183 Å². The van der Waals surface area contributed by atoms with Crippen molar-refractivity contribution < 1.29 is 19.1 Å². The average molecular weight is 442 g/mol. The standard InChI is InChI=1S/C23H17Cl2NO4/c24-17-8-6-16(21(25)14-17)7-13-23(28)29-15-22(27)26-18-9-11-20(12-10-18)30-19-4-2-1-3-5-19/h1-14H,15H2,(H,26,27). The molecule has 3 aromatic rings. The Morgan fingerprint density at radius 2 is 1.60 bits per heavy atom. The number of carbonyl (C=O) groups excluding carboxylic acids is 2. The molecule has 0 spiro atoms. The Bertz CT molecular complexity index is 1050. The first kappa shape index (κ1) is 21.4. The SMILES string of the molecule is O=C(COC(=O)C=Cc1ccc(Cl)cc1Cl)Nc1ccc(Oc2ccccc2)cc1. The van der Waals surface area contributed by atoms with E-state index in [-0.39, 0.29) is 0 Å². The van der Waals surface area contributed by atoms with E-state index in [1.165, 1.54) is 12.2 Å².